The molecule has 0 aliphatic heterocycles. The van der Waals surface area contributed by atoms with Gasteiger partial charge in [-0.2, -0.15) is 0 Å². The zero-order chi connectivity index (χ0) is 12.8. The highest BCUT2D eigenvalue weighted by atomic mass is 16.1. The fourth-order valence-corrected chi connectivity index (χ4v) is 1.83. The van der Waals surface area contributed by atoms with Crippen LogP contribution in [0.3, 0.4) is 0 Å². The summed E-state index contributed by atoms with van der Waals surface area (Å²) in [5.74, 6) is 0.185. The Kier molecular flexibility index (Phi) is 5.01. The summed E-state index contributed by atoms with van der Waals surface area (Å²) >= 11 is 0. The van der Waals surface area contributed by atoms with Crippen LogP contribution in [0.25, 0.3) is 0 Å². The predicted molar refractivity (Wildman–Crippen MR) is 71.5 cm³/mol. The van der Waals surface area contributed by atoms with Gasteiger partial charge in [0.2, 0.25) is 5.91 Å². The molecule has 17 heavy (non-hydrogen) atoms. The van der Waals surface area contributed by atoms with Crippen molar-refractivity contribution in [3.8, 4) is 0 Å². The third-order valence-electron chi connectivity index (χ3n) is 2.94. The molecule has 0 bridgehead atoms. The van der Waals surface area contributed by atoms with E-state index in [1.54, 1.807) is 0 Å². The Labute approximate surface area is 103 Å². The lowest BCUT2D eigenvalue weighted by atomic mass is 10.0. The second-order valence-corrected chi connectivity index (χ2v) is 4.59. The average Bonchev–Trinajstić information content (AvgIpc) is 2.29. The van der Waals surface area contributed by atoms with Crippen LogP contribution in [0.2, 0.25) is 0 Å². The Bertz CT molecular complexity index is 376. The minimum Gasteiger partial charge on any atom is -0.399 e. The normalized spacial score (nSPS) is 14.1. The van der Waals surface area contributed by atoms with Gasteiger partial charge in [0.05, 0.1) is 6.04 Å². The molecule has 0 saturated heterocycles. The Morgan fingerprint density at radius 1 is 1.41 bits per heavy atom. The van der Waals surface area contributed by atoms with Crippen molar-refractivity contribution in [2.75, 3.05) is 5.73 Å². The largest absolute Gasteiger partial charge is 0.399 e. The molecule has 2 unspecified atom stereocenters. The van der Waals surface area contributed by atoms with Gasteiger partial charge in [-0.1, -0.05) is 32.4 Å². The topological polar surface area (TPSA) is 55.1 Å². The Balaban J connectivity index is 2.60. The Morgan fingerprint density at radius 3 is 2.71 bits per heavy atom. The van der Waals surface area contributed by atoms with Crippen molar-refractivity contribution in [3.63, 3.8) is 0 Å². The standard InChI is InChI=1S/C14H22N2O/c1-4-6-10(2)14(17)16-11(3)12-7-5-8-13(15)9-12/h5,7-11H,4,6,15H2,1-3H3,(H,16,17). The second-order valence-electron chi connectivity index (χ2n) is 4.59. The van der Waals surface area contributed by atoms with Gasteiger partial charge < -0.3 is 11.1 Å². The number of carbonyl (C=O) groups excluding carboxylic acids is 1. The van der Waals surface area contributed by atoms with Gasteiger partial charge in [-0.05, 0) is 31.0 Å². The van der Waals surface area contributed by atoms with Crippen LogP contribution in [0.15, 0.2) is 24.3 Å². The van der Waals surface area contributed by atoms with Gasteiger partial charge in [-0.25, -0.2) is 0 Å². The molecule has 3 nitrogen and oxygen atoms in total. The van der Waals surface area contributed by atoms with Crippen molar-refractivity contribution in [1.29, 1.82) is 0 Å². The van der Waals surface area contributed by atoms with Crippen molar-refractivity contribution in [1.82, 2.24) is 5.32 Å². The van der Waals surface area contributed by atoms with Gasteiger partial charge in [0.25, 0.3) is 0 Å². The van der Waals surface area contributed by atoms with E-state index in [9.17, 15) is 4.79 Å². The summed E-state index contributed by atoms with van der Waals surface area (Å²) in [6.07, 6.45) is 1.96. The average molecular weight is 234 g/mol. The van der Waals surface area contributed by atoms with E-state index in [1.807, 2.05) is 38.1 Å². The van der Waals surface area contributed by atoms with E-state index < -0.39 is 0 Å². The van der Waals surface area contributed by atoms with Crippen LogP contribution in [0, 0.1) is 5.92 Å². The first-order chi connectivity index (χ1) is 8.04. The van der Waals surface area contributed by atoms with E-state index in [0.29, 0.717) is 0 Å². The molecule has 0 aliphatic carbocycles. The predicted octanol–water partition coefficient (Wildman–Crippen LogP) is 2.88. The highest BCUT2D eigenvalue weighted by molar-refractivity contribution is 5.78. The van der Waals surface area contributed by atoms with Crippen LogP contribution in [0.4, 0.5) is 5.69 Å². The van der Waals surface area contributed by atoms with E-state index >= 15 is 0 Å². The maximum atomic E-state index is 11.9. The molecule has 0 fully saturated rings. The summed E-state index contributed by atoms with van der Waals surface area (Å²) in [7, 11) is 0. The maximum Gasteiger partial charge on any atom is 0.223 e. The minimum atomic E-state index is 0.00491. The number of anilines is 1. The van der Waals surface area contributed by atoms with Crippen molar-refractivity contribution in [2.24, 2.45) is 5.92 Å². The first kappa shape index (κ1) is 13.6. The lowest BCUT2D eigenvalue weighted by Gasteiger charge is -2.17. The summed E-state index contributed by atoms with van der Waals surface area (Å²) in [4.78, 5) is 11.9. The van der Waals surface area contributed by atoms with Gasteiger partial charge >= 0.3 is 0 Å². The van der Waals surface area contributed by atoms with Crippen molar-refractivity contribution >= 4 is 11.6 Å². The zero-order valence-corrected chi connectivity index (χ0v) is 10.9. The summed E-state index contributed by atoms with van der Waals surface area (Å²) in [5.41, 5.74) is 7.49. The highest BCUT2D eigenvalue weighted by Crippen LogP contribution is 2.16. The third kappa shape index (κ3) is 4.10. The molecular formula is C14H22N2O. The number of benzene rings is 1. The molecule has 0 aliphatic rings. The zero-order valence-electron chi connectivity index (χ0n) is 10.9. The van der Waals surface area contributed by atoms with E-state index in [0.717, 1.165) is 24.1 Å². The molecule has 0 heterocycles. The number of nitrogens with two attached hydrogens (primary N) is 1. The van der Waals surface area contributed by atoms with Gasteiger partial charge in [0.1, 0.15) is 0 Å². The second kappa shape index (κ2) is 6.28. The smallest absolute Gasteiger partial charge is 0.223 e. The van der Waals surface area contributed by atoms with Crippen molar-refractivity contribution in [2.45, 2.75) is 39.7 Å². The number of rotatable bonds is 5. The number of nitrogen functional groups attached to an aromatic ring is 1. The molecule has 0 radical (unpaired) electrons. The monoisotopic (exact) mass is 234 g/mol. The van der Waals surface area contributed by atoms with Crippen molar-refractivity contribution < 1.29 is 4.79 Å². The highest BCUT2D eigenvalue weighted by Gasteiger charge is 2.15. The van der Waals surface area contributed by atoms with Gasteiger partial charge in [0, 0.05) is 11.6 Å². The maximum absolute atomic E-state index is 11.9. The fraction of sp³-hybridized carbons (Fsp3) is 0.500. The SMILES string of the molecule is CCCC(C)C(=O)NC(C)c1cccc(N)c1. The molecule has 3 heteroatoms. The fourth-order valence-electron chi connectivity index (χ4n) is 1.83. The molecule has 0 spiro atoms. The number of amides is 1. The molecule has 1 amide bonds. The minimum absolute atomic E-state index is 0.00491. The molecule has 1 rings (SSSR count). The van der Waals surface area contributed by atoms with Crippen LogP contribution in [-0.4, -0.2) is 5.91 Å². The number of hydrogen-bond acceptors (Lipinski definition) is 2. The van der Waals surface area contributed by atoms with Crippen LogP contribution < -0.4 is 11.1 Å². The molecule has 94 valence electrons. The molecule has 1 aromatic rings. The molecule has 0 aromatic heterocycles. The van der Waals surface area contributed by atoms with Crippen LogP contribution in [-0.2, 0) is 4.79 Å². The first-order valence-corrected chi connectivity index (χ1v) is 6.20. The van der Waals surface area contributed by atoms with E-state index in [2.05, 4.69) is 12.2 Å². The Morgan fingerprint density at radius 2 is 2.12 bits per heavy atom. The van der Waals surface area contributed by atoms with Gasteiger partial charge in [-0.3, -0.25) is 4.79 Å². The third-order valence-corrected chi connectivity index (χ3v) is 2.94. The van der Waals surface area contributed by atoms with E-state index in [-0.39, 0.29) is 17.9 Å². The molecule has 1 aromatic carbocycles. The molecule has 3 N–H and O–H groups in total. The van der Waals surface area contributed by atoms with Gasteiger partial charge in [0.15, 0.2) is 0 Å². The number of nitrogens with one attached hydrogen (secondary N) is 1. The summed E-state index contributed by atoms with van der Waals surface area (Å²) in [5, 5.41) is 3.01. The number of carbonyl (C=O) groups is 1. The quantitative estimate of drug-likeness (QED) is 0.770. The lowest BCUT2D eigenvalue weighted by molar-refractivity contribution is -0.125. The summed E-state index contributed by atoms with van der Waals surface area (Å²) < 4.78 is 0. The number of hydrogen-bond donors (Lipinski definition) is 2. The summed E-state index contributed by atoms with van der Waals surface area (Å²) in [6.45, 7) is 6.03. The lowest BCUT2D eigenvalue weighted by Crippen LogP contribution is -2.31. The van der Waals surface area contributed by atoms with Crippen LogP contribution >= 0.6 is 0 Å². The van der Waals surface area contributed by atoms with Gasteiger partial charge in [-0.15, -0.1) is 0 Å². The molecule has 2 atom stereocenters. The molecular weight excluding hydrogens is 212 g/mol. The van der Waals surface area contributed by atoms with E-state index in [4.69, 9.17) is 5.73 Å². The Hall–Kier alpha value is -1.51. The first-order valence-electron chi connectivity index (χ1n) is 6.20. The van der Waals surface area contributed by atoms with Crippen LogP contribution in [0.1, 0.15) is 45.2 Å². The van der Waals surface area contributed by atoms with Crippen LogP contribution in [0.5, 0.6) is 0 Å². The van der Waals surface area contributed by atoms with Crippen molar-refractivity contribution in [3.05, 3.63) is 29.8 Å². The summed E-state index contributed by atoms with van der Waals surface area (Å²) in [6, 6.07) is 7.63. The van der Waals surface area contributed by atoms with E-state index in [1.165, 1.54) is 0 Å². The molecule has 0 saturated carbocycles.